The monoisotopic (exact) mass is 712 g/mol. The molecule has 17 nitrogen and oxygen atoms in total. The Labute approximate surface area is 287 Å². The summed E-state index contributed by atoms with van der Waals surface area (Å²) in [6, 6.07) is 6.82. The zero-order valence-corrected chi connectivity index (χ0v) is 27.9. The first-order valence-electron chi connectivity index (χ1n) is 16.0. The molecule has 4 heterocycles. The van der Waals surface area contributed by atoms with Crippen molar-refractivity contribution in [3.63, 3.8) is 0 Å². The van der Waals surface area contributed by atoms with Gasteiger partial charge in [0.25, 0.3) is 0 Å². The number of phenolic OH excluding ortho intramolecular Hbond substituents is 1. The Morgan fingerprint density at radius 3 is 1.72 bits per heavy atom. The Bertz CT molecular complexity index is 1440. The minimum absolute atomic E-state index is 0.0239. The average Bonchev–Trinajstić information content (AvgIpc) is 3.82. The first-order chi connectivity index (χ1) is 24.0. The van der Waals surface area contributed by atoms with Gasteiger partial charge >= 0.3 is 0 Å². The van der Waals surface area contributed by atoms with Crippen LogP contribution in [0, 0.1) is 11.8 Å². The lowest BCUT2D eigenvalue weighted by atomic mass is 9.84. The second kappa shape index (κ2) is 14.8. The summed E-state index contributed by atoms with van der Waals surface area (Å²) in [6.07, 6.45) is -11.8. The number of aliphatic hydroxyl groups excluding tert-OH is 5. The van der Waals surface area contributed by atoms with Crippen LogP contribution in [0.4, 0.5) is 0 Å². The van der Waals surface area contributed by atoms with Crippen molar-refractivity contribution in [1.82, 2.24) is 0 Å². The molecule has 2 aromatic rings. The quantitative estimate of drug-likeness (QED) is 0.142. The van der Waals surface area contributed by atoms with E-state index in [-0.39, 0.29) is 52.4 Å². The topological polar surface area (TPSA) is 234 Å². The minimum Gasteiger partial charge on any atom is -0.502 e. The van der Waals surface area contributed by atoms with Gasteiger partial charge in [0.05, 0.1) is 73.7 Å². The summed E-state index contributed by atoms with van der Waals surface area (Å²) < 4.78 is 57.7. The van der Waals surface area contributed by atoms with Crippen molar-refractivity contribution in [3.05, 3.63) is 35.4 Å². The van der Waals surface area contributed by atoms with Crippen molar-refractivity contribution in [2.75, 3.05) is 61.5 Å². The molecule has 0 bridgehead atoms. The molecule has 278 valence electrons. The predicted octanol–water partition coefficient (Wildman–Crippen LogP) is -0.855. The van der Waals surface area contributed by atoms with Crippen LogP contribution in [-0.2, 0) is 23.7 Å². The highest BCUT2D eigenvalue weighted by Gasteiger charge is 2.54. The van der Waals surface area contributed by atoms with Crippen LogP contribution in [-0.4, -0.2) is 146 Å². The molecule has 12 atom stereocenters. The number of rotatable bonds is 12. The highest BCUT2D eigenvalue weighted by Crippen LogP contribution is 2.54. The molecule has 7 N–H and O–H groups in total. The van der Waals surface area contributed by atoms with Crippen molar-refractivity contribution in [2.45, 2.75) is 60.9 Å². The van der Waals surface area contributed by atoms with Crippen LogP contribution in [0.3, 0.4) is 0 Å². The summed E-state index contributed by atoms with van der Waals surface area (Å²) in [4.78, 5) is 0. The Morgan fingerprint density at radius 2 is 1.26 bits per heavy atom. The highest BCUT2D eigenvalue weighted by molar-refractivity contribution is 5.55. The van der Waals surface area contributed by atoms with Gasteiger partial charge in [0.1, 0.15) is 30.0 Å². The molecule has 4 aliphatic heterocycles. The molecule has 17 heteroatoms. The fraction of sp³-hybridized carbons (Fsp3) is 0.636. The van der Waals surface area contributed by atoms with E-state index in [1.54, 1.807) is 24.3 Å². The van der Waals surface area contributed by atoms with Crippen molar-refractivity contribution in [1.29, 1.82) is 0 Å². The SMILES string of the molecule is COc1cc([C@@H]2OC[C@@H]3[C@@H]2CO[C@@H]3c2cc(OC)c(O[C@@H]3O[C@H](CO)[C@@H](O)[C@H](O)[C@H]3O[C@@H]3OC[C@](O)(CO)[C@H]3O)c(OC)c2)cc(OC)c1O. The zero-order valence-electron chi connectivity index (χ0n) is 27.9. The second-order valence-electron chi connectivity index (χ2n) is 12.7. The summed E-state index contributed by atoms with van der Waals surface area (Å²) >= 11 is 0. The molecular formula is C33H44O17. The number of benzene rings is 2. The van der Waals surface area contributed by atoms with E-state index in [2.05, 4.69) is 0 Å². The van der Waals surface area contributed by atoms with Gasteiger partial charge in [-0.15, -0.1) is 0 Å². The molecule has 4 saturated heterocycles. The maximum atomic E-state index is 11.0. The molecule has 6 rings (SSSR count). The van der Waals surface area contributed by atoms with Crippen molar-refractivity contribution >= 4 is 0 Å². The number of aliphatic hydroxyl groups is 6. The van der Waals surface area contributed by atoms with E-state index in [0.717, 1.165) is 5.56 Å². The Hall–Kier alpha value is -3.20. The normalized spacial score (nSPS) is 36.6. The smallest absolute Gasteiger partial charge is 0.230 e. The van der Waals surface area contributed by atoms with Gasteiger partial charge in [0.15, 0.2) is 35.4 Å². The van der Waals surface area contributed by atoms with Crippen molar-refractivity contribution in [2.24, 2.45) is 11.8 Å². The van der Waals surface area contributed by atoms with Crippen LogP contribution in [0.15, 0.2) is 24.3 Å². The van der Waals surface area contributed by atoms with Crippen molar-refractivity contribution < 1.29 is 83.1 Å². The molecule has 4 aliphatic rings. The summed E-state index contributed by atoms with van der Waals surface area (Å²) in [7, 11) is 5.73. The number of phenols is 1. The first kappa shape index (κ1) is 36.6. The molecule has 0 spiro atoms. The summed E-state index contributed by atoms with van der Waals surface area (Å²) in [5.74, 6) is 0.665. The van der Waals surface area contributed by atoms with Gasteiger partial charge in [-0.1, -0.05) is 0 Å². The van der Waals surface area contributed by atoms with Crippen LogP contribution in [0.25, 0.3) is 0 Å². The molecule has 2 aromatic carbocycles. The Balaban J connectivity index is 1.26. The van der Waals surface area contributed by atoms with Gasteiger partial charge in [0.2, 0.25) is 17.8 Å². The van der Waals surface area contributed by atoms with E-state index in [1.807, 2.05) is 0 Å². The Kier molecular flexibility index (Phi) is 10.8. The summed E-state index contributed by atoms with van der Waals surface area (Å²) in [6.45, 7) is -1.24. The van der Waals surface area contributed by atoms with E-state index in [4.69, 9.17) is 47.4 Å². The van der Waals surface area contributed by atoms with Gasteiger partial charge in [0, 0.05) is 11.8 Å². The number of hydrogen-bond acceptors (Lipinski definition) is 17. The number of methoxy groups -OCH3 is 4. The maximum absolute atomic E-state index is 11.0. The maximum Gasteiger partial charge on any atom is 0.230 e. The fourth-order valence-electron chi connectivity index (χ4n) is 6.97. The van der Waals surface area contributed by atoms with Gasteiger partial charge in [-0.25, -0.2) is 0 Å². The summed E-state index contributed by atoms with van der Waals surface area (Å²) in [5, 5.41) is 72.4. The van der Waals surface area contributed by atoms with Gasteiger partial charge < -0.3 is 83.1 Å². The van der Waals surface area contributed by atoms with Crippen LogP contribution >= 0.6 is 0 Å². The van der Waals surface area contributed by atoms with Crippen LogP contribution in [0.2, 0.25) is 0 Å². The van der Waals surface area contributed by atoms with Crippen molar-refractivity contribution in [3.8, 4) is 34.5 Å². The number of hydrogen-bond donors (Lipinski definition) is 7. The van der Waals surface area contributed by atoms with E-state index in [9.17, 15) is 35.7 Å². The minimum atomic E-state index is -2.02. The van der Waals surface area contributed by atoms with E-state index < -0.39 is 74.6 Å². The fourth-order valence-corrected chi connectivity index (χ4v) is 6.97. The van der Waals surface area contributed by atoms with Gasteiger partial charge in [-0.2, -0.15) is 0 Å². The van der Waals surface area contributed by atoms with Gasteiger partial charge in [-0.05, 0) is 35.4 Å². The molecule has 0 unspecified atom stereocenters. The number of aromatic hydroxyl groups is 1. The Morgan fingerprint density at radius 1 is 0.740 bits per heavy atom. The molecule has 0 saturated carbocycles. The lowest BCUT2D eigenvalue weighted by Gasteiger charge is -2.42. The summed E-state index contributed by atoms with van der Waals surface area (Å²) in [5.41, 5.74) is -0.567. The predicted molar refractivity (Wildman–Crippen MR) is 166 cm³/mol. The van der Waals surface area contributed by atoms with Crippen LogP contribution in [0.5, 0.6) is 34.5 Å². The molecule has 0 aromatic heterocycles. The molecule has 0 amide bonds. The molecule has 4 fully saturated rings. The second-order valence-corrected chi connectivity index (χ2v) is 12.7. The standard InChI is InChI=1S/C33H44O17/c1-41-18-5-14(6-19(42-2)23(18)36)26-16-10-46-27(17(16)11-45-26)15-7-20(43-3)28(21(8-15)44-4)49-31-29(25(38)24(37)22(9-34)48-31)50-32-30(39)33(40,12-35)13-47-32/h5-8,16-17,22,24-27,29-32,34-40H,9-13H2,1-4H3/t16-,17+,22+,24+,25-,26-,27+,29+,30-,31-,32-,33+/m0/s1. The largest absolute Gasteiger partial charge is 0.502 e. The first-order valence-corrected chi connectivity index (χ1v) is 16.0. The molecule has 0 radical (unpaired) electrons. The lowest BCUT2D eigenvalue weighted by molar-refractivity contribution is -0.319. The van der Waals surface area contributed by atoms with E-state index in [1.165, 1.54) is 28.4 Å². The number of ether oxygens (including phenoxy) is 10. The van der Waals surface area contributed by atoms with E-state index >= 15 is 0 Å². The average molecular weight is 713 g/mol. The zero-order chi connectivity index (χ0) is 35.9. The third kappa shape index (κ3) is 6.41. The lowest BCUT2D eigenvalue weighted by Crippen LogP contribution is -2.62. The van der Waals surface area contributed by atoms with Crippen LogP contribution in [0.1, 0.15) is 23.3 Å². The van der Waals surface area contributed by atoms with Gasteiger partial charge in [-0.3, -0.25) is 0 Å². The molecule has 50 heavy (non-hydrogen) atoms. The molecular weight excluding hydrogens is 668 g/mol. The van der Waals surface area contributed by atoms with Crippen LogP contribution < -0.4 is 23.7 Å². The third-order valence-corrected chi connectivity index (χ3v) is 9.84. The molecule has 0 aliphatic carbocycles. The van der Waals surface area contributed by atoms with E-state index in [0.29, 0.717) is 18.8 Å². The number of fused-ring (bicyclic) bond motifs is 1. The highest BCUT2D eigenvalue weighted by atomic mass is 16.8. The third-order valence-electron chi connectivity index (χ3n) is 9.84.